The van der Waals surface area contributed by atoms with E-state index < -0.39 is 10.0 Å². The Kier molecular flexibility index (Phi) is 6.75. The number of methoxy groups -OCH3 is 1. The molecular formula is C23H27N5O4S. The van der Waals surface area contributed by atoms with Crippen LogP contribution in [0.3, 0.4) is 0 Å². The minimum absolute atomic E-state index is 0.00483. The van der Waals surface area contributed by atoms with Crippen molar-refractivity contribution in [1.82, 2.24) is 14.5 Å². The van der Waals surface area contributed by atoms with Gasteiger partial charge in [0.1, 0.15) is 16.3 Å². The number of sulfonamides is 1. The predicted molar refractivity (Wildman–Crippen MR) is 124 cm³/mol. The van der Waals surface area contributed by atoms with E-state index in [1.165, 1.54) is 23.9 Å². The van der Waals surface area contributed by atoms with Crippen LogP contribution >= 0.6 is 0 Å². The van der Waals surface area contributed by atoms with Gasteiger partial charge in [0.15, 0.2) is 5.69 Å². The third-order valence-electron chi connectivity index (χ3n) is 5.65. The van der Waals surface area contributed by atoms with E-state index in [4.69, 9.17) is 4.74 Å². The van der Waals surface area contributed by atoms with Crippen LogP contribution in [0.5, 0.6) is 11.6 Å². The van der Waals surface area contributed by atoms with Crippen LogP contribution in [0.2, 0.25) is 0 Å². The second kappa shape index (κ2) is 9.72. The number of hydrogen-bond acceptors (Lipinski definition) is 7. The third-order valence-corrected chi connectivity index (χ3v) is 7.21. The van der Waals surface area contributed by atoms with Crippen molar-refractivity contribution < 1.29 is 18.3 Å². The van der Waals surface area contributed by atoms with Gasteiger partial charge < -0.3 is 9.84 Å². The SMILES string of the molecule is COc1ccc(S(=O)(=O)NC2CCCCC2)c(/N=N/c2c(C)nn(-c3ccccc3)c2O)c1. The number of benzene rings is 2. The van der Waals surface area contributed by atoms with Crippen LogP contribution in [0.25, 0.3) is 5.69 Å². The van der Waals surface area contributed by atoms with Gasteiger partial charge in [-0.3, -0.25) is 0 Å². The predicted octanol–water partition coefficient (Wildman–Crippen LogP) is 4.92. The molecule has 0 spiro atoms. The number of aryl methyl sites for hydroxylation is 1. The molecule has 0 radical (unpaired) electrons. The van der Waals surface area contributed by atoms with Crippen LogP contribution in [0.4, 0.5) is 11.4 Å². The molecule has 1 aliphatic carbocycles. The maximum Gasteiger partial charge on any atom is 0.243 e. The Morgan fingerprint density at radius 1 is 1.09 bits per heavy atom. The quantitative estimate of drug-likeness (QED) is 0.476. The lowest BCUT2D eigenvalue weighted by atomic mass is 9.96. The number of aromatic hydroxyl groups is 1. The van der Waals surface area contributed by atoms with Crippen molar-refractivity contribution in [3.05, 3.63) is 54.2 Å². The minimum atomic E-state index is -3.82. The fraction of sp³-hybridized carbons (Fsp3) is 0.348. The summed E-state index contributed by atoms with van der Waals surface area (Å²) in [7, 11) is -2.33. The molecule has 2 N–H and O–H groups in total. The van der Waals surface area contributed by atoms with Gasteiger partial charge in [-0.05, 0) is 44.0 Å². The summed E-state index contributed by atoms with van der Waals surface area (Å²) in [5.41, 5.74) is 1.39. The molecule has 1 heterocycles. The van der Waals surface area contributed by atoms with Crippen molar-refractivity contribution in [3.63, 3.8) is 0 Å². The average Bonchev–Trinajstić information content (AvgIpc) is 3.11. The van der Waals surface area contributed by atoms with Crippen LogP contribution in [0.1, 0.15) is 37.8 Å². The molecule has 33 heavy (non-hydrogen) atoms. The first kappa shape index (κ1) is 22.9. The number of ether oxygens (including phenoxy) is 1. The molecule has 10 heteroatoms. The first-order valence-electron chi connectivity index (χ1n) is 10.8. The van der Waals surface area contributed by atoms with Crippen LogP contribution < -0.4 is 9.46 Å². The number of para-hydroxylation sites is 1. The minimum Gasteiger partial charge on any atom is -0.497 e. The number of aromatic nitrogens is 2. The zero-order valence-corrected chi connectivity index (χ0v) is 19.4. The molecule has 3 aromatic rings. The molecule has 0 aliphatic heterocycles. The van der Waals surface area contributed by atoms with Gasteiger partial charge in [-0.15, -0.1) is 10.2 Å². The smallest absolute Gasteiger partial charge is 0.243 e. The molecular weight excluding hydrogens is 442 g/mol. The van der Waals surface area contributed by atoms with Gasteiger partial charge in [-0.1, -0.05) is 37.5 Å². The Hall–Kier alpha value is -3.24. The van der Waals surface area contributed by atoms with Gasteiger partial charge >= 0.3 is 0 Å². The molecule has 4 rings (SSSR count). The summed E-state index contributed by atoms with van der Waals surface area (Å²) < 4.78 is 35.7. The molecule has 1 aromatic heterocycles. The van der Waals surface area contributed by atoms with Crippen molar-refractivity contribution in [2.45, 2.75) is 50.0 Å². The highest BCUT2D eigenvalue weighted by atomic mass is 32.2. The molecule has 1 fully saturated rings. The van der Waals surface area contributed by atoms with Gasteiger partial charge in [0.05, 0.1) is 18.5 Å². The summed E-state index contributed by atoms with van der Waals surface area (Å²) in [6.07, 6.45) is 4.77. The second-order valence-electron chi connectivity index (χ2n) is 7.99. The maximum absolute atomic E-state index is 13.1. The lowest BCUT2D eigenvalue weighted by Crippen LogP contribution is -2.36. The van der Waals surface area contributed by atoms with Crippen molar-refractivity contribution in [3.8, 4) is 17.3 Å². The van der Waals surface area contributed by atoms with E-state index in [1.54, 1.807) is 25.1 Å². The van der Waals surface area contributed by atoms with Crippen molar-refractivity contribution >= 4 is 21.4 Å². The monoisotopic (exact) mass is 469 g/mol. The molecule has 0 unspecified atom stereocenters. The zero-order chi connectivity index (χ0) is 23.4. The molecule has 0 atom stereocenters. The first-order valence-corrected chi connectivity index (χ1v) is 12.3. The van der Waals surface area contributed by atoms with Crippen LogP contribution in [0.15, 0.2) is 63.7 Å². The second-order valence-corrected chi connectivity index (χ2v) is 9.68. The lowest BCUT2D eigenvalue weighted by Gasteiger charge is -2.22. The molecule has 0 amide bonds. The Bertz CT molecular complexity index is 1250. The Balaban J connectivity index is 1.69. The van der Waals surface area contributed by atoms with Gasteiger partial charge in [-0.2, -0.15) is 9.78 Å². The molecule has 2 aromatic carbocycles. The molecule has 9 nitrogen and oxygen atoms in total. The molecule has 0 saturated heterocycles. The maximum atomic E-state index is 13.1. The van der Waals surface area contributed by atoms with Crippen molar-refractivity contribution in [2.75, 3.05) is 7.11 Å². The van der Waals surface area contributed by atoms with Crippen LogP contribution in [-0.4, -0.2) is 36.5 Å². The third kappa shape index (κ3) is 5.07. The highest BCUT2D eigenvalue weighted by Gasteiger charge is 2.25. The lowest BCUT2D eigenvalue weighted by molar-refractivity contribution is 0.411. The normalized spacial score (nSPS) is 15.2. The number of rotatable bonds is 7. The fourth-order valence-electron chi connectivity index (χ4n) is 3.91. The summed E-state index contributed by atoms with van der Waals surface area (Å²) in [6, 6.07) is 13.6. The first-order chi connectivity index (χ1) is 15.9. The Labute approximate surface area is 193 Å². The number of nitrogens with one attached hydrogen (secondary N) is 1. The number of nitrogens with zero attached hydrogens (tertiary/aromatic N) is 4. The van der Waals surface area contributed by atoms with Gasteiger partial charge in [0.25, 0.3) is 0 Å². The number of azo groups is 1. The fourth-order valence-corrected chi connectivity index (χ4v) is 5.33. The van der Waals surface area contributed by atoms with E-state index >= 15 is 0 Å². The summed E-state index contributed by atoms with van der Waals surface area (Å²) in [5.74, 6) is 0.261. The Morgan fingerprint density at radius 3 is 2.52 bits per heavy atom. The van der Waals surface area contributed by atoms with Gasteiger partial charge in [0.2, 0.25) is 15.9 Å². The largest absolute Gasteiger partial charge is 0.497 e. The standard InChI is InChI=1S/C23H27N5O4S/c1-16-22(23(29)28(26-16)18-11-7-4-8-12-18)25-24-20-15-19(32-2)13-14-21(20)33(30,31)27-17-9-5-3-6-10-17/h4,7-8,11-15,17,27,29H,3,5-6,9-10H2,1-2H3/b25-24+. The zero-order valence-electron chi connectivity index (χ0n) is 18.6. The highest BCUT2D eigenvalue weighted by Crippen LogP contribution is 2.36. The number of hydrogen-bond donors (Lipinski definition) is 2. The van der Waals surface area contributed by atoms with Gasteiger partial charge in [0, 0.05) is 12.1 Å². The Morgan fingerprint density at radius 2 is 1.82 bits per heavy atom. The van der Waals surface area contributed by atoms with E-state index in [1.807, 2.05) is 18.2 Å². The van der Waals surface area contributed by atoms with E-state index in [-0.39, 0.29) is 28.2 Å². The van der Waals surface area contributed by atoms with Crippen LogP contribution in [-0.2, 0) is 10.0 Å². The topological polar surface area (TPSA) is 118 Å². The molecule has 0 bridgehead atoms. The van der Waals surface area contributed by atoms with Crippen molar-refractivity contribution in [2.24, 2.45) is 10.2 Å². The summed E-state index contributed by atoms with van der Waals surface area (Å²) in [5, 5.41) is 23.4. The molecule has 1 aliphatic rings. The summed E-state index contributed by atoms with van der Waals surface area (Å²) >= 11 is 0. The molecule has 174 valence electrons. The average molecular weight is 470 g/mol. The van der Waals surface area contributed by atoms with E-state index in [2.05, 4.69) is 20.0 Å². The van der Waals surface area contributed by atoms with Crippen molar-refractivity contribution in [1.29, 1.82) is 0 Å². The summed E-state index contributed by atoms with van der Waals surface area (Å²) in [6.45, 7) is 1.70. The highest BCUT2D eigenvalue weighted by molar-refractivity contribution is 7.89. The van der Waals surface area contributed by atoms with Crippen LogP contribution in [0, 0.1) is 6.92 Å². The summed E-state index contributed by atoms with van der Waals surface area (Å²) in [4.78, 5) is 0.00483. The van der Waals surface area contributed by atoms with Gasteiger partial charge in [-0.25, -0.2) is 13.1 Å². The van der Waals surface area contributed by atoms with E-state index in [0.29, 0.717) is 17.1 Å². The molecule has 1 saturated carbocycles. The van der Waals surface area contributed by atoms with E-state index in [0.717, 1.165) is 32.1 Å². The van der Waals surface area contributed by atoms with E-state index in [9.17, 15) is 13.5 Å².